The van der Waals surface area contributed by atoms with E-state index in [-0.39, 0.29) is 35.1 Å². The van der Waals surface area contributed by atoms with Gasteiger partial charge in [0.25, 0.3) is 5.91 Å². The zero-order valence-corrected chi connectivity index (χ0v) is 16.9. The van der Waals surface area contributed by atoms with Gasteiger partial charge in [0, 0.05) is 5.69 Å². The van der Waals surface area contributed by atoms with E-state index >= 15 is 0 Å². The number of nitrogens with zero attached hydrogens (tertiary/aromatic N) is 1. The zero-order chi connectivity index (χ0) is 21.3. The quantitative estimate of drug-likeness (QED) is 0.825. The van der Waals surface area contributed by atoms with Crippen LogP contribution >= 0.6 is 0 Å². The smallest absolute Gasteiger partial charge is 0.335 e. The van der Waals surface area contributed by atoms with Crippen molar-refractivity contribution in [3.05, 3.63) is 53.6 Å². The van der Waals surface area contributed by atoms with E-state index in [2.05, 4.69) is 26.1 Å². The van der Waals surface area contributed by atoms with Crippen molar-refractivity contribution in [2.24, 2.45) is 0 Å². The zero-order valence-electron chi connectivity index (χ0n) is 16.9. The third-order valence-corrected chi connectivity index (χ3v) is 4.75. The summed E-state index contributed by atoms with van der Waals surface area (Å²) in [7, 11) is 0. The van der Waals surface area contributed by atoms with Gasteiger partial charge in [-0.3, -0.25) is 14.5 Å². The molecule has 0 aromatic heterocycles. The molecule has 7 nitrogen and oxygen atoms in total. The predicted octanol–water partition coefficient (Wildman–Crippen LogP) is 3.43. The SMILES string of the molecule is CC1Oc2cc(C(=O)O)ccc2N(CC(=O)Nc2ccc(C(C)(C)C)cc2)C1=O. The Morgan fingerprint density at radius 2 is 1.79 bits per heavy atom. The van der Waals surface area contributed by atoms with Crippen LogP contribution in [0.1, 0.15) is 43.6 Å². The molecule has 0 radical (unpaired) electrons. The van der Waals surface area contributed by atoms with Crippen molar-refractivity contribution in [1.82, 2.24) is 0 Å². The predicted molar refractivity (Wildman–Crippen MR) is 110 cm³/mol. The van der Waals surface area contributed by atoms with Gasteiger partial charge in [-0.15, -0.1) is 0 Å². The molecule has 0 aliphatic carbocycles. The maximum Gasteiger partial charge on any atom is 0.335 e. The first-order valence-electron chi connectivity index (χ1n) is 9.32. The van der Waals surface area contributed by atoms with Crippen LogP contribution in [0.25, 0.3) is 0 Å². The first-order valence-corrected chi connectivity index (χ1v) is 9.32. The Hall–Kier alpha value is -3.35. The van der Waals surface area contributed by atoms with E-state index < -0.39 is 12.1 Å². The highest BCUT2D eigenvalue weighted by Gasteiger charge is 2.33. The summed E-state index contributed by atoms with van der Waals surface area (Å²) in [4.78, 5) is 37.6. The van der Waals surface area contributed by atoms with E-state index in [1.165, 1.54) is 23.1 Å². The van der Waals surface area contributed by atoms with Crippen molar-refractivity contribution in [3.63, 3.8) is 0 Å². The summed E-state index contributed by atoms with van der Waals surface area (Å²) in [5.74, 6) is -1.55. The van der Waals surface area contributed by atoms with E-state index in [0.717, 1.165) is 5.56 Å². The number of carbonyl (C=O) groups is 3. The molecule has 152 valence electrons. The fourth-order valence-corrected chi connectivity index (χ4v) is 3.10. The van der Waals surface area contributed by atoms with Crippen LogP contribution in [-0.2, 0) is 15.0 Å². The Labute approximate surface area is 169 Å². The third-order valence-electron chi connectivity index (χ3n) is 4.75. The molecular formula is C22H24N2O5. The number of nitrogens with one attached hydrogen (secondary N) is 1. The average molecular weight is 396 g/mol. The number of benzene rings is 2. The molecule has 7 heteroatoms. The normalized spacial score (nSPS) is 16.1. The second-order valence-corrected chi connectivity index (χ2v) is 8.05. The summed E-state index contributed by atoms with van der Waals surface area (Å²) in [6, 6.07) is 11.8. The summed E-state index contributed by atoms with van der Waals surface area (Å²) in [5.41, 5.74) is 2.22. The number of ether oxygens (including phenoxy) is 1. The van der Waals surface area contributed by atoms with Crippen molar-refractivity contribution in [2.75, 3.05) is 16.8 Å². The molecule has 1 atom stereocenters. The lowest BCUT2D eigenvalue weighted by Gasteiger charge is -2.32. The number of carboxylic acids is 1. The number of hydrogen-bond acceptors (Lipinski definition) is 4. The van der Waals surface area contributed by atoms with Gasteiger partial charge in [0.15, 0.2) is 6.10 Å². The van der Waals surface area contributed by atoms with Crippen LogP contribution in [0.2, 0.25) is 0 Å². The molecule has 1 heterocycles. The minimum atomic E-state index is -1.09. The Morgan fingerprint density at radius 1 is 1.14 bits per heavy atom. The Morgan fingerprint density at radius 3 is 2.38 bits per heavy atom. The average Bonchev–Trinajstić information content (AvgIpc) is 2.64. The summed E-state index contributed by atoms with van der Waals surface area (Å²) in [6.45, 7) is 7.69. The molecule has 0 saturated heterocycles. The van der Waals surface area contributed by atoms with Gasteiger partial charge < -0.3 is 15.2 Å². The van der Waals surface area contributed by atoms with E-state index in [4.69, 9.17) is 9.84 Å². The molecule has 1 aliphatic rings. The lowest BCUT2D eigenvalue weighted by atomic mass is 9.87. The third kappa shape index (κ3) is 4.39. The molecule has 2 N–H and O–H groups in total. The van der Waals surface area contributed by atoms with Crippen molar-refractivity contribution >= 4 is 29.2 Å². The van der Waals surface area contributed by atoms with E-state index in [9.17, 15) is 14.4 Å². The lowest BCUT2D eigenvalue weighted by Crippen LogP contribution is -2.47. The second kappa shape index (κ2) is 7.58. The molecule has 0 fully saturated rings. The van der Waals surface area contributed by atoms with Gasteiger partial charge in [0.2, 0.25) is 5.91 Å². The highest BCUT2D eigenvalue weighted by Crippen LogP contribution is 2.35. The number of aromatic carboxylic acids is 1. The highest BCUT2D eigenvalue weighted by atomic mass is 16.5. The van der Waals surface area contributed by atoms with Gasteiger partial charge in [-0.25, -0.2) is 4.79 Å². The number of fused-ring (bicyclic) bond motifs is 1. The minimum Gasteiger partial charge on any atom is -0.479 e. The van der Waals surface area contributed by atoms with Gasteiger partial charge in [-0.1, -0.05) is 32.9 Å². The second-order valence-electron chi connectivity index (χ2n) is 8.05. The number of carbonyl (C=O) groups excluding carboxylic acids is 2. The van der Waals surface area contributed by atoms with Crippen molar-refractivity contribution in [3.8, 4) is 5.75 Å². The number of anilines is 2. The van der Waals surface area contributed by atoms with E-state index in [1.807, 2.05) is 24.3 Å². The van der Waals surface area contributed by atoms with Gasteiger partial charge in [-0.2, -0.15) is 0 Å². The van der Waals surface area contributed by atoms with Gasteiger partial charge in [0.05, 0.1) is 11.3 Å². The number of carboxylic acid groups (broad SMARTS) is 1. The van der Waals surface area contributed by atoms with Crippen LogP contribution in [0.5, 0.6) is 5.75 Å². The first-order chi connectivity index (χ1) is 13.6. The number of hydrogen-bond donors (Lipinski definition) is 2. The van der Waals surface area contributed by atoms with Crippen LogP contribution in [-0.4, -0.2) is 35.5 Å². The number of rotatable bonds is 4. The molecule has 29 heavy (non-hydrogen) atoms. The molecular weight excluding hydrogens is 372 g/mol. The molecule has 2 aromatic rings. The van der Waals surface area contributed by atoms with Crippen molar-refractivity contribution < 1.29 is 24.2 Å². The number of amides is 2. The summed E-state index contributed by atoms with van der Waals surface area (Å²) >= 11 is 0. The first kappa shape index (κ1) is 20.4. The molecule has 2 aromatic carbocycles. The van der Waals surface area contributed by atoms with Gasteiger partial charge >= 0.3 is 5.97 Å². The molecule has 0 bridgehead atoms. The van der Waals surface area contributed by atoms with Crippen molar-refractivity contribution in [1.29, 1.82) is 0 Å². The molecule has 0 saturated carbocycles. The fourth-order valence-electron chi connectivity index (χ4n) is 3.10. The Kier molecular flexibility index (Phi) is 5.33. The van der Waals surface area contributed by atoms with Crippen LogP contribution in [0.4, 0.5) is 11.4 Å². The van der Waals surface area contributed by atoms with Crippen LogP contribution in [0, 0.1) is 0 Å². The van der Waals surface area contributed by atoms with Gasteiger partial charge in [0.1, 0.15) is 12.3 Å². The topological polar surface area (TPSA) is 95.9 Å². The minimum absolute atomic E-state index is 0.0113. The molecule has 1 aliphatic heterocycles. The van der Waals surface area contributed by atoms with Crippen LogP contribution in [0.3, 0.4) is 0 Å². The molecule has 3 rings (SSSR count). The highest BCUT2D eigenvalue weighted by molar-refractivity contribution is 6.06. The van der Waals surface area contributed by atoms with E-state index in [0.29, 0.717) is 11.4 Å². The summed E-state index contributed by atoms with van der Waals surface area (Å²) < 4.78 is 5.52. The van der Waals surface area contributed by atoms with E-state index in [1.54, 1.807) is 6.92 Å². The maximum absolute atomic E-state index is 12.6. The maximum atomic E-state index is 12.6. The Bertz CT molecular complexity index is 960. The fraction of sp³-hybridized carbons (Fsp3) is 0.318. The Balaban J connectivity index is 1.77. The summed E-state index contributed by atoms with van der Waals surface area (Å²) in [5, 5.41) is 11.9. The van der Waals surface area contributed by atoms with Crippen LogP contribution < -0.4 is 15.0 Å². The largest absolute Gasteiger partial charge is 0.479 e. The van der Waals surface area contributed by atoms with Crippen LogP contribution in [0.15, 0.2) is 42.5 Å². The standard InChI is InChI=1S/C22H24N2O5/c1-13-20(26)24(17-10-5-14(21(27)28)11-18(17)29-13)12-19(25)23-16-8-6-15(7-9-16)22(2,3)4/h5-11,13H,12H2,1-4H3,(H,23,25)(H,27,28). The molecule has 0 spiro atoms. The molecule has 2 amide bonds. The molecule has 1 unspecified atom stereocenters. The summed E-state index contributed by atoms with van der Waals surface area (Å²) in [6.07, 6.45) is -0.814. The monoisotopic (exact) mass is 396 g/mol. The van der Waals surface area contributed by atoms with Gasteiger partial charge in [-0.05, 0) is 48.2 Å². The lowest BCUT2D eigenvalue weighted by molar-refractivity contribution is -0.127. The van der Waals surface area contributed by atoms with Crippen molar-refractivity contribution in [2.45, 2.75) is 39.2 Å².